The normalized spacial score (nSPS) is 10.9. The van der Waals surface area contributed by atoms with Crippen LogP contribution < -0.4 is 14.8 Å². The van der Waals surface area contributed by atoms with Crippen molar-refractivity contribution in [3.8, 4) is 22.9 Å². The summed E-state index contributed by atoms with van der Waals surface area (Å²) in [6.45, 7) is 0.540. The Morgan fingerprint density at radius 1 is 1.03 bits per heavy atom. The van der Waals surface area contributed by atoms with Crippen LogP contribution in [0.2, 0.25) is 0 Å². The largest absolute Gasteiger partial charge is 0.497 e. The summed E-state index contributed by atoms with van der Waals surface area (Å²) in [7, 11) is 3.26. The third-order valence-corrected chi connectivity index (χ3v) is 5.59. The average molecular weight is 423 g/mol. The molecule has 2 heterocycles. The van der Waals surface area contributed by atoms with E-state index in [1.807, 2.05) is 58.4 Å². The number of rotatable bonds is 8. The molecule has 0 atom stereocenters. The third-order valence-electron chi connectivity index (χ3n) is 4.73. The van der Waals surface area contributed by atoms with E-state index in [0.717, 1.165) is 33.3 Å². The van der Waals surface area contributed by atoms with Gasteiger partial charge in [-0.25, -0.2) is 4.52 Å². The Hall–Kier alpha value is -3.39. The number of methoxy groups -OCH3 is 2. The van der Waals surface area contributed by atoms with E-state index < -0.39 is 0 Å². The molecule has 0 aliphatic heterocycles. The van der Waals surface area contributed by atoms with Gasteiger partial charge in [0.2, 0.25) is 10.9 Å². The number of hydrogen-bond donors (Lipinski definition) is 1. The molecule has 4 rings (SSSR count). The highest BCUT2D eigenvalue weighted by Gasteiger charge is 2.12. The van der Waals surface area contributed by atoms with Crippen molar-refractivity contribution >= 4 is 22.2 Å². The van der Waals surface area contributed by atoms with Crippen molar-refractivity contribution in [1.82, 2.24) is 19.9 Å². The summed E-state index contributed by atoms with van der Waals surface area (Å²) in [6.07, 6.45) is 1.02. The van der Waals surface area contributed by atoms with E-state index in [1.54, 1.807) is 25.6 Å². The first-order chi connectivity index (χ1) is 14.7. The monoisotopic (exact) mass is 422 g/mol. The first kappa shape index (κ1) is 19.9. The molecule has 4 aromatic rings. The average Bonchev–Trinajstić information content (AvgIpc) is 3.36. The van der Waals surface area contributed by atoms with E-state index >= 15 is 0 Å². The molecule has 0 saturated carbocycles. The van der Waals surface area contributed by atoms with Crippen LogP contribution >= 0.6 is 11.3 Å². The van der Waals surface area contributed by atoms with Crippen LogP contribution in [-0.4, -0.2) is 41.3 Å². The van der Waals surface area contributed by atoms with Crippen molar-refractivity contribution in [3.63, 3.8) is 0 Å². The second-order valence-corrected chi connectivity index (χ2v) is 7.55. The van der Waals surface area contributed by atoms with E-state index in [2.05, 4.69) is 15.4 Å². The molecule has 0 saturated heterocycles. The highest BCUT2D eigenvalue weighted by Crippen LogP contribution is 2.23. The highest BCUT2D eigenvalue weighted by molar-refractivity contribution is 7.15. The zero-order valence-corrected chi connectivity index (χ0v) is 17.6. The standard InChI is InChI=1S/C22H22N4O3S/c1-28-18-7-3-15(4-8-18)13-20(27)23-12-11-17-14-30-22-24-21(25-26(17)22)16-5-9-19(29-2)10-6-16/h3-10,14H,11-13H2,1-2H3,(H,23,27). The van der Waals surface area contributed by atoms with E-state index in [1.165, 1.54) is 0 Å². The summed E-state index contributed by atoms with van der Waals surface area (Å²) < 4.78 is 12.2. The van der Waals surface area contributed by atoms with Gasteiger partial charge in [-0.05, 0) is 42.0 Å². The Morgan fingerprint density at radius 3 is 2.37 bits per heavy atom. The van der Waals surface area contributed by atoms with Gasteiger partial charge in [0, 0.05) is 23.9 Å². The molecular weight excluding hydrogens is 400 g/mol. The predicted molar refractivity (Wildman–Crippen MR) is 116 cm³/mol. The number of amides is 1. The highest BCUT2D eigenvalue weighted by atomic mass is 32.1. The maximum absolute atomic E-state index is 12.2. The number of carbonyl (C=O) groups excluding carboxylic acids is 1. The molecule has 154 valence electrons. The minimum atomic E-state index is -0.0100. The minimum absolute atomic E-state index is 0.0100. The Balaban J connectivity index is 1.35. The van der Waals surface area contributed by atoms with Gasteiger partial charge in [0.05, 0.1) is 26.3 Å². The number of aromatic nitrogens is 3. The van der Waals surface area contributed by atoms with Gasteiger partial charge in [-0.3, -0.25) is 4.79 Å². The maximum Gasteiger partial charge on any atom is 0.224 e. The van der Waals surface area contributed by atoms with Gasteiger partial charge in [-0.15, -0.1) is 16.4 Å². The van der Waals surface area contributed by atoms with Crippen LogP contribution in [0.1, 0.15) is 11.3 Å². The zero-order chi connectivity index (χ0) is 20.9. The van der Waals surface area contributed by atoms with E-state index in [9.17, 15) is 4.79 Å². The van der Waals surface area contributed by atoms with Crippen molar-refractivity contribution in [2.75, 3.05) is 20.8 Å². The zero-order valence-electron chi connectivity index (χ0n) is 16.8. The summed E-state index contributed by atoms with van der Waals surface area (Å²) in [5.74, 6) is 2.24. The van der Waals surface area contributed by atoms with Crippen molar-refractivity contribution in [3.05, 3.63) is 65.2 Å². The van der Waals surface area contributed by atoms with E-state index in [4.69, 9.17) is 9.47 Å². The number of ether oxygens (including phenoxy) is 2. The molecule has 30 heavy (non-hydrogen) atoms. The van der Waals surface area contributed by atoms with Crippen molar-refractivity contribution < 1.29 is 14.3 Å². The van der Waals surface area contributed by atoms with Gasteiger partial charge in [0.25, 0.3) is 0 Å². The second kappa shape index (κ2) is 8.96. The molecule has 0 spiro atoms. The van der Waals surface area contributed by atoms with Gasteiger partial charge >= 0.3 is 0 Å². The number of benzene rings is 2. The lowest BCUT2D eigenvalue weighted by Gasteiger charge is -2.06. The molecule has 0 fully saturated rings. The fourth-order valence-electron chi connectivity index (χ4n) is 3.08. The summed E-state index contributed by atoms with van der Waals surface area (Å²) in [6, 6.07) is 15.2. The molecule has 1 amide bonds. The molecule has 8 heteroatoms. The second-order valence-electron chi connectivity index (χ2n) is 6.71. The lowest BCUT2D eigenvalue weighted by molar-refractivity contribution is -0.120. The van der Waals surface area contributed by atoms with Crippen LogP contribution in [0.4, 0.5) is 0 Å². The summed E-state index contributed by atoms with van der Waals surface area (Å²) in [5, 5.41) is 9.63. The van der Waals surface area contributed by atoms with Crippen LogP contribution in [0.5, 0.6) is 11.5 Å². The molecular formula is C22H22N4O3S. The molecule has 2 aromatic carbocycles. The first-order valence-electron chi connectivity index (χ1n) is 9.53. The topological polar surface area (TPSA) is 77.8 Å². The van der Waals surface area contributed by atoms with Crippen molar-refractivity contribution in [2.24, 2.45) is 0 Å². The number of hydrogen-bond acceptors (Lipinski definition) is 6. The Labute approximate surface area is 178 Å². The van der Waals surface area contributed by atoms with Gasteiger partial charge < -0.3 is 14.8 Å². The molecule has 0 aliphatic carbocycles. The SMILES string of the molecule is COc1ccc(CC(=O)NCCc2csc3nc(-c4ccc(OC)cc4)nn23)cc1. The molecule has 0 aliphatic rings. The number of thiazole rings is 1. The molecule has 0 unspecified atom stereocenters. The summed E-state index contributed by atoms with van der Waals surface area (Å²) in [5.41, 5.74) is 2.91. The van der Waals surface area contributed by atoms with Crippen LogP contribution in [0.3, 0.4) is 0 Å². The molecule has 0 radical (unpaired) electrons. The van der Waals surface area contributed by atoms with Gasteiger partial charge in [-0.2, -0.15) is 4.98 Å². The van der Waals surface area contributed by atoms with Gasteiger partial charge in [-0.1, -0.05) is 12.1 Å². The third kappa shape index (κ3) is 4.44. The lowest BCUT2D eigenvalue weighted by atomic mass is 10.1. The number of nitrogens with one attached hydrogen (secondary N) is 1. The summed E-state index contributed by atoms with van der Waals surface area (Å²) >= 11 is 1.54. The van der Waals surface area contributed by atoms with Gasteiger partial charge in [0.1, 0.15) is 11.5 Å². The Kier molecular flexibility index (Phi) is 5.94. The number of nitrogens with zero attached hydrogens (tertiary/aromatic N) is 3. The minimum Gasteiger partial charge on any atom is -0.497 e. The lowest BCUT2D eigenvalue weighted by Crippen LogP contribution is -2.27. The fraction of sp³-hybridized carbons (Fsp3) is 0.227. The van der Waals surface area contributed by atoms with Crippen LogP contribution in [0.25, 0.3) is 16.3 Å². The number of carbonyl (C=O) groups is 1. The van der Waals surface area contributed by atoms with Crippen molar-refractivity contribution in [2.45, 2.75) is 12.8 Å². The van der Waals surface area contributed by atoms with E-state index in [0.29, 0.717) is 25.2 Å². The molecule has 0 bridgehead atoms. The van der Waals surface area contributed by atoms with Crippen molar-refractivity contribution in [1.29, 1.82) is 0 Å². The smallest absolute Gasteiger partial charge is 0.224 e. The first-order valence-corrected chi connectivity index (χ1v) is 10.4. The fourth-order valence-corrected chi connectivity index (χ4v) is 3.94. The van der Waals surface area contributed by atoms with E-state index in [-0.39, 0.29) is 5.91 Å². The Morgan fingerprint density at radius 2 is 1.70 bits per heavy atom. The van der Waals surface area contributed by atoms with Crippen LogP contribution in [0, 0.1) is 0 Å². The maximum atomic E-state index is 12.2. The van der Waals surface area contributed by atoms with Crippen LogP contribution in [0.15, 0.2) is 53.9 Å². The van der Waals surface area contributed by atoms with Crippen LogP contribution in [-0.2, 0) is 17.6 Å². The molecule has 1 N–H and O–H groups in total. The Bertz CT molecular complexity index is 1130. The summed E-state index contributed by atoms with van der Waals surface area (Å²) in [4.78, 5) is 17.7. The number of fused-ring (bicyclic) bond motifs is 1. The predicted octanol–water partition coefficient (Wildman–Crippen LogP) is 3.38. The van der Waals surface area contributed by atoms with Gasteiger partial charge in [0.15, 0.2) is 5.82 Å². The quantitative estimate of drug-likeness (QED) is 0.471. The molecule has 2 aromatic heterocycles. The molecule has 7 nitrogen and oxygen atoms in total.